The van der Waals surface area contributed by atoms with E-state index in [1.54, 1.807) is 18.2 Å². The van der Waals surface area contributed by atoms with Crippen LogP contribution in [0.15, 0.2) is 47.5 Å². The molecule has 1 amide bonds. The molecule has 1 aromatic carbocycles. The minimum Gasteiger partial charge on any atom is -0.379 e. The summed E-state index contributed by atoms with van der Waals surface area (Å²) in [6, 6.07) is 9.13. The molecule has 2 heterocycles. The molecule has 0 spiro atoms. The molecule has 1 fully saturated rings. The third kappa shape index (κ3) is 4.16. The number of sulfonamides is 1. The molecule has 132 valence electrons. The number of benzene rings is 1. The lowest BCUT2D eigenvalue weighted by Gasteiger charge is -2.26. The molecule has 0 unspecified atom stereocenters. The fourth-order valence-electron chi connectivity index (χ4n) is 2.36. The molecule has 3 rings (SSSR count). The van der Waals surface area contributed by atoms with Crippen molar-refractivity contribution in [3.8, 4) is 0 Å². The van der Waals surface area contributed by atoms with Gasteiger partial charge in [0.25, 0.3) is 5.91 Å². The highest BCUT2D eigenvalue weighted by atomic mass is 35.5. The molecule has 0 radical (unpaired) electrons. The summed E-state index contributed by atoms with van der Waals surface area (Å²) in [4.78, 5) is 16.2. The van der Waals surface area contributed by atoms with Gasteiger partial charge in [0.2, 0.25) is 10.0 Å². The summed E-state index contributed by atoms with van der Waals surface area (Å²) < 4.78 is 31.6. The molecule has 0 saturated carbocycles. The Hall–Kier alpha value is -2.00. The third-order valence-electron chi connectivity index (χ3n) is 3.71. The van der Waals surface area contributed by atoms with Crippen molar-refractivity contribution in [1.82, 2.24) is 9.29 Å². The zero-order valence-corrected chi connectivity index (χ0v) is 14.8. The average Bonchev–Trinajstić information content (AvgIpc) is 2.63. The first kappa shape index (κ1) is 17.8. The largest absolute Gasteiger partial charge is 0.379 e. The number of nitrogens with zero attached hydrogens (tertiary/aromatic N) is 2. The molecule has 0 aliphatic carbocycles. The summed E-state index contributed by atoms with van der Waals surface area (Å²) in [6.07, 6.45) is 1.37. The molecule has 1 N–H and O–H groups in total. The van der Waals surface area contributed by atoms with E-state index in [-0.39, 0.29) is 10.8 Å². The lowest BCUT2D eigenvalue weighted by molar-refractivity contribution is 0.0730. The maximum Gasteiger partial charge on any atom is 0.257 e. The van der Waals surface area contributed by atoms with Gasteiger partial charge in [-0.3, -0.25) is 4.79 Å². The summed E-state index contributed by atoms with van der Waals surface area (Å²) in [7, 11) is -3.55. The summed E-state index contributed by atoms with van der Waals surface area (Å²) in [5.41, 5.74) is 0.843. The van der Waals surface area contributed by atoms with Crippen molar-refractivity contribution in [3.63, 3.8) is 0 Å². The van der Waals surface area contributed by atoms with Crippen molar-refractivity contribution < 1.29 is 17.9 Å². The first-order chi connectivity index (χ1) is 12.0. The lowest BCUT2D eigenvalue weighted by Crippen LogP contribution is -2.40. The van der Waals surface area contributed by atoms with E-state index < -0.39 is 10.0 Å². The van der Waals surface area contributed by atoms with Crippen molar-refractivity contribution in [1.29, 1.82) is 0 Å². The van der Waals surface area contributed by atoms with Crippen LogP contribution in [0.5, 0.6) is 0 Å². The van der Waals surface area contributed by atoms with Crippen molar-refractivity contribution in [2.75, 3.05) is 31.6 Å². The van der Waals surface area contributed by atoms with Crippen LogP contribution in [0, 0.1) is 0 Å². The van der Waals surface area contributed by atoms with Crippen molar-refractivity contribution in [2.45, 2.75) is 4.90 Å². The Bertz CT molecular complexity index is 848. The zero-order chi connectivity index (χ0) is 17.9. The molecule has 2 aromatic rings. The van der Waals surface area contributed by atoms with Gasteiger partial charge in [-0.25, -0.2) is 13.4 Å². The first-order valence-electron chi connectivity index (χ1n) is 7.58. The highest BCUT2D eigenvalue weighted by Crippen LogP contribution is 2.20. The van der Waals surface area contributed by atoms with E-state index in [1.165, 1.54) is 28.7 Å². The van der Waals surface area contributed by atoms with Crippen LogP contribution in [0.25, 0.3) is 0 Å². The molecule has 0 bridgehead atoms. The molecular formula is C16H16ClN3O4S. The van der Waals surface area contributed by atoms with Crippen LogP contribution in [0.3, 0.4) is 0 Å². The Balaban J connectivity index is 1.71. The molecule has 1 saturated heterocycles. The number of hydrogen-bond acceptors (Lipinski definition) is 5. The average molecular weight is 382 g/mol. The van der Waals surface area contributed by atoms with Gasteiger partial charge in [0.15, 0.2) is 0 Å². The number of morpholine rings is 1. The number of pyridine rings is 1. The minimum atomic E-state index is -3.55. The first-order valence-corrected chi connectivity index (χ1v) is 9.39. The Labute approximate surface area is 150 Å². The third-order valence-corrected chi connectivity index (χ3v) is 5.85. The van der Waals surface area contributed by atoms with E-state index in [2.05, 4.69) is 10.3 Å². The van der Waals surface area contributed by atoms with Crippen LogP contribution < -0.4 is 5.32 Å². The van der Waals surface area contributed by atoms with E-state index in [4.69, 9.17) is 16.3 Å². The highest BCUT2D eigenvalue weighted by Gasteiger charge is 2.26. The number of nitrogens with one attached hydrogen (secondary N) is 1. The van der Waals surface area contributed by atoms with Crippen molar-refractivity contribution in [3.05, 3.63) is 53.3 Å². The molecule has 1 aliphatic rings. The van der Waals surface area contributed by atoms with E-state index >= 15 is 0 Å². The van der Waals surface area contributed by atoms with Crippen LogP contribution >= 0.6 is 11.6 Å². The van der Waals surface area contributed by atoms with Crippen LogP contribution in [0.2, 0.25) is 5.15 Å². The number of anilines is 1. The van der Waals surface area contributed by atoms with E-state index in [0.29, 0.717) is 42.7 Å². The number of ether oxygens (including phenoxy) is 1. The van der Waals surface area contributed by atoms with Crippen LogP contribution in [-0.2, 0) is 14.8 Å². The Morgan fingerprint density at radius 1 is 1.12 bits per heavy atom. The summed E-state index contributed by atoms with van der Waals surface area (Å²) in [5, 5.41) is 2.99. The maximum atomic E-state index is 12.5. The van der Waals surface area contributed by atoms with Gasteiger partial charge in [-0.2, -0.15) is 4.31 Å². The molecule has 9 heteroatoms. The SMILES string of the molecule is O=C(Nc1ccc(S(=O)(=O)N2CCOCC2)cc1)c1ccc(Cl)nc1. The smallest absolute Gasteiger partial charge is 0.257 e. The standard InChI is InChI=1S/C16H16ClN3O4S/c17-15-6-1-12(11-18-15)16(21)19-13-2-4-14(5-3-13)25(22,23)20-7-9-24-10-8-20/h1-6,11H,7-10H2,(H,19,21). The van der Waals surface area contributed by atoms with Crippen LogP contribution in [0.4, 0.5) is 5.69 Å². The molecule has 7 nitrogen and oxygen atoms in total. The molecule has 1 aromatic heterocycles. The van der Waals surface area contributed by atoms with Gasteiger partial charge in [0.1, 0.15) is 5.15 Å². The minimum absolute atomic E-state index is 0.181. The fourth-order valence-corrected chi connectivity index (χ4v) is 3.88. The topological polar surface area (TPSA) is 88.6 Å². The number of aromatic nitrogens is 1. The van der Waals surface area contributed by atoms with Gasteiger partial charge in [0, 0.05) is 25.0 Å². The number of rotatable bonds is 4. The van der Waals surface area contributed by atoms with E-state index in [1.807, 2.05) is 0 Å². The fraction of sp³-hybridized carbons (Fsp3) is 0.250. The molecule has 0 atom stereocenters. The summed E-state index contributed by atoms with van der Waals surface area (Å²) >= 11 is 5.69. The summed E-state index contributed by atoms with van der Waals surface area (Å²) in [5.74, 6) is -0.354. The number of carbonyl (C=O) groups is 1. The normalized spacial score (nSPS) is 15.7. The Morgan fingerprint density at radius 2 is 1.80 bits per heavy atom. The predicted molar refractivity (Wildman–Crippen MR) is 93.2 cm³/mol. The van der Waals surface area contributed by atoms with E-state index in [9.17, 15) is 13.2 Å². The molecule has 1 aliphatic heterocycles. The van der Waals surface area contributed by atoms with E-state index in [0.717, 1.165) is 0 Å². The second-order valence-electron chi connectivity index (χ2n) is 5.36. The second kappa shape index (κ2) is 7.49. The lowest BCUT2D eigenvalue weighted by atomic mass is 10.2. The van der Waals surface area contributed by atoms with Gasteiger partial charge >= 0.3 is 0 Å². The van der Waals surface area contributed by atoms with Gasteiger partial charge < -0.3 is 10.1 Å². The Morgan fingerprint density at radius 3 is 2.40 bits per heavy atom. The number of hydrogen-bond donors (Lipinski definition) is 1. The van der Waals surface area contributed by atoms with Crippen molar-refractivity contribution >= 4 is 33.2 Å². The summed E-state index contributed by atoms with van der Waals surface area (Å²) in [6.45, 7) is 1.46. The van der Waals surface area contributed by atoms with Gasteiger partial charge in [-0.15, -0.1) is 0 Å². The predicted octanol–water partition coefficient (Wildman–Crippen LogP) is 2.01. The molecule has 25 heavy (non-hydrogen) atoms. The monoisotopic (exact) mass is 381 g/mol. The molecular weight excluding hydrogens is 366 g/mol. The van der Waals surface area contributed by atoms with Gasteiger partial charge in [-0.1, -0.05) is 11.6 Å². The number of carbonyl (C=O) groups excluding carboxylic acids is 1. The van der Waals surface area contributed by atoms with Gasteiger partial charge in [-0.05, 0) is 36.4 Å². The number of amides is 1. The second-order valence-corrected chi connectivity index (χ2v) is 7.69. The Kier molecular flexibility index (Phi) is 5.33. The number of halogens is 1. The van der Waals surface area contributed by atoms with Crippen LogP contribution in [-0.4, -0.2) is 49.9 Å². The quantitative estimate of drug-likeness (QED) is 0.818. The highest BCUT2D eigenvalue weighted by molar-refractivity contribution is 7.89. The van der Waals surface area contributed by atoms with Gasteiger partial charge in [0.05, 0.1) is 23.7 Å². The van der Waals surface area contributed by atoms with Crippen LogP contribution in [0.1, 0.15) is 10.4 Å². The van der Waals surface area contributed by atoms with Crippen molar-refractivity contribution in [2.24, 2.45) is 0 Å². The zero-order valence-electron chi connectivity index (χ0n) is 13.2. The maximum absolute atomic E-state index is 12.5.